The first-order valence-electron chi connectivity index (χ1n) is 6.46. The van der Waals surface area contributed by atoms with Crippen LogP contribution in [0.1, 0.15) is 11.1 Å². The van der Waals surface area contributed by atoms with Crippen LogP contribution in [0.15, 0.2) is 48.5 Å². The number of para-hydroxylation sites is 1. The van der Waals surface area contributed by atoms with E-state index in [4.69, 9.17) is 0 Å². The van der Waals surface area contributed by atoms with E-state index in [1.54, 1.807) is 12.1 Å². The molecule has 2 rings (SSSR count). The van der Waals surface area contributed by atoms with E-state index in [1.807, 2.05) is 31.2 Å². The summed E-state index contributed by atoms with van der Waals surface area (Å²) < 4.78 is 12.7. The van der Waals surface area contributed by atoms with Gasteiger partial charge in [0, 0.05) is 12.2 Å². The van der Waals surface area contributed by atoms with Crippen molar-refractivity contribution in [3.05, 3.63) is 65.5 Å². The quantitative estimate of drug-likeness (QED) is 0.878. The summed E-state index contributed by atoms with van der Waals surface area (Å²) >= 11 is 0. The van der Waals surface area contributed by atoms with E-state index in [0.717, 1.165) is 16.8 Å². The summed E-state index contributed by atoms with van der Waals surface area (Å²) in [5.41, 5.74) is 2.92. The third-order valence-electron chi connectivity index (χ3n) is 2.99. The second-order valence-corrected chi connectivity index (χ2v) is 4.57. The van der Waals surface area contributed by atoms with Gasteiger partial charge in [0.05, 0.1) is 6.54 Å². The smallest absolute Gasteiger partial charge is 0.239 e. The number of amides is 1. The molecule has 0 saturated carbocycles. The summed E-state index contributed by atoms with van der Waals surface area (Å²) in [6, 6.07) is 13.9. The lowest BCUT2D eigenvalue weighted by atomic mass is 10.2. The first-order valence-corrected chi connectivity index (χ1v) is 6.46. The fourth-order valence-corrected chi connectivity index (χ4v) is 1.81. The van der Waals surface area contributed by atoms with Crippen molar-refractivity contribution in [2.24, 2.45) is 0 Å². The molecule has 0 aromatic heterocycles. The second-order valence-electron chi connectivity index (χ2n) is 4.57. The molecule has 4 heteroatoms. The van der Waals surface area contributed by atoms with Gasteiger partial charge in [-0.1, -0.05) is 30.3 Å². The van der Waals surface area contributed by atoms with Crippen LogP contribution in [-0.2, 0) is 11.3 Å². The van der Waals surface area contributed by atoms with Gasteiger partial charge in [0.25, 0.3) is 0 Å². The average Bonchev–Trinajstić information content (AvgIpc) is 2.46. The Labute approximate surface area is 117 Å². The van der Waals surface area contributed by atoms with Gasteiger partial charge in [-0.05, 0) is 36.2 Å². The van der Waals surface area contributed by atoms with Gasteiger partial charge in [0.2, 0.25) is 5.91 Å². The summed E-state index contributed by atoms with van der Waals surface area (Å²) in [5.74, 6) is -0.376. The predicted molar refractivity (Wildman–Crippen MR) is 77.9 cm³/mol. The topological polar surface area (TPSA) is 41.1 Å². The van der Waals surface area contributed by atoms with Crippen LogP contribution >= 0.6 is 0 Å². The van der Waals surface area contributed by atoms with E-state index < -0.39 is 0 Å². The van der Waals surface area contributed by atoms with Crippen molar-refractivity contribution >= 4 is 11.6 Å². The highest BCUT2D eigenvalue weighted by Crippen LogP contribution is 2.12. The van der Waals surface area contributed by atoms with Crippen LogP contribution < -0.4 is 10.6 Å². The van der Waals surface area contributed by atoms with Crippen molar-refractivity contribution in [2.45, 2.75) is 13.5 Å². The maximum absolute atomic E-state index is 12.7. The Morgan fingerprint density at radius 2 is 1.80 bits per heavy atom. The van der Waals surface area contributed by atoms with Crippen molar-refractivity contribution in [1.82, 2.24) is 5.32 Å². The number of anilines is 1. The van der Waals surface area contributed by atoms with Crippen molar-refractivity contribution in [3.8, 4) is 0 Å². The molecule has 0 aliphatic rings. The molecule has 0 heterocycles. The third-order valence-corrected chi connectivity index (χ3v) is 2.99. The average molecular weight is 272 g/mol. The zero-order chi connectivity index (χ0) is 14.4. The van der Waals surface area contributed by atoms with Crippen LogP contribution in [0.4, 0.5) is 10.1 Å². The molecule has 0 saturated heterocycles. The van der Waals surface area contributed by atoms with Gasteiger partial charge in [-0.2, -0.15) is 0 Å². The molecular weight excluding hydrogens is 255 g/mol. The largest absolute Gasteiger partial charge is 0.376 e. The van der Waals surface area contributed by atoms with Gasteiger partial charge < -0.3 is 10.6 Å². The summed E-state index contributed by atoms with van der Waals surface area (Å²) in [5, 5.41) is 5.87. The van der Waals surface area contributed by atoms with E-state index in [2.05, 4.69) is 10.6 Å². The first kappa shape index (κ1) is 14.1. The summed E-state index contributed by atoms with van der Waals surface area (Å²) in [6.07, 6.45) is 0. The molecule has 0 radical (unpaired) electrons. The maximum Gasteiger partial charge on any atom is 0.239 e. The number of hydrogen-bond acceptors (Lipinski definition) is 2. The molecule has 1 amide bonds. The lowest BCUT2D eigenvalue weighted by Crippen LogP contribution is -2.29. The number of carbonyl (C=O) groups is 1. The fourth-order valence-electron chi connectivity index (χ4n) is 1.81. The third kappa shape index (κ3) is 4.09. The van der Waals surface area contributed by atoms with Crippen molar-refractivity contribution in [2.75, 3.05) is 11.9 Å². The molecular formula is C16H17FN2O. The Balaban J connectivity index is 1.78. The Kier molecular flexibility index (Phi) is 4.71. The Morgan fingerprint density at radius 1 is 1.10 bits per heavy atom. The second kappa shape index (κ2) is 6.70. The van der Waals surface area contributed by atoms with E-state index in [1.165, 1.54) is 12.1 Å². The van der Waals surface area contributed by atoms with Gasteiger partial charge in [-0.15, -0.1) is 0 Å². The lowest BCUT2D eigenvalue weighted by Gasteiger charge is -2.09. The zero-order valence-corrected chi connectivity index (χ0v) is 11.3. The van der Waals surface area contributed by atoms with Gasteiger partial charge in [-0.25, -0.2) is 4.39 Å². The summed E-state index contributed by atoms with van der Waals surface area (Å²) in [7, 11) is 0. The number of carbonyl (C=O) groups excluding carboxylic acids is 1. The molecule has 2 aromatic rings. The van der Waals surface area contributed by atoms with Gasteiger partial charge >= 0.3 is 0 Å². The van der Waals surface area contributed by atoms with Crippen molar-refractivity contribution in [1.29, 1.82) is 0 Å². The monoisotopic (exact) mass is 272 g/mol. The van der Waals surface area contributed by atoms with Crippen LogP contribution in [0.25, 0.3) is 0 Å². The van der Waals surface area contributed by atoms with Crippen molar-refractivity contribution < 1.29 is 9.18 Å². The van der Waals surface area contributed by atoms with Gasteiger partial charge in [0.1, 0.15) is 5.82 Å². The molecule has 0 atom stereocenters. The number of aryl methyl sites for hydroxylation is 1. The molecule has 3 nitrogen and oxygen atoms in total. The van der Waals surface area contributed by atoms with E-state index in [-0.39, 0.29) is 18.3 Å². The molecule has 2 aromatic carbocycles. The van der Waals surface area contributed by atoms with E-state index in [0.29, 0.717) is 6.54 Å². The van der Waals surface area contributed by atoms with E-state index in [9.17, 15) is 9.18 Å². The lowest BCUT2D eigenvalue weighted by molar-refractivity contribution is -0.119. The molecule has 0 aliphatic carbocycles. The maximum atomic E-state index is 12.7. The fraction of sp³-hybridized carbons (Fsp3) is 0.188. The summed E-state index contributed by atoms with van der Waals surface area (Å²) in [6.45, 7) is 2.60. The number of nitrogens with one attached hydrogen (secondary N) is 2. The van der Waals surface area contributed by atoms with Crippen LogP contribution in [0.3, 0.4) is 0 Å². The van der Waals surface area contributed by atoms with Crippen LogP contribution in [0, 0.1) is 12.7 Å². The Morgan fingerprint density at radius 3 is 2.50 bits per heavy atom. The zero-order valence-electron chi connectivity index (χ0n) is 11.3. The highest BCUT2D eigenvalue weighted by Gasteiger charge is 2.02. The molecule has 104 valence electrons. The predicted octanol–water partition coefficient (Wildman–Crippen LogP) is 2.86. The minimum Gasteiger partial charge on any atom is -0.376 e. The first-order chi connectivity index (χ1) is 9.65. The Hall–Kier alpha value is -2.36. The summed E-state index contributed by atoms with van der Waals surface area (Å²) in [4.78, 5) is 11.7. The van der Waals surface area contributed by atoms with Gasteiger partial charge in [-0.3, -0.25) is 4.79 Å². The molecule has 0 unspecified atom stereocenters. The Bertz CT molecular complexity index is 581. The SMILES string of the molecule is Cc1ccccc1NCC(=O)NCc1ccc(F)cc1. The van der Waals surface area contributed by atoms with Gasteiger partial charge in [0.15, 0.2) is 0 Å². The highest BCUT2D eigenvalue weighted by molar-refractivity contribution is 5.80. The van der Waals surface area contributed by atoms with Crippen LogP contribution in [0.5, 0.6) is 0 Å². The molecule has 20 heavy (non-hydrogen) atoms. The van der Waals surface area contributed by atoms with Crippen LogP contribution in [0.2, 0.25) is 0 Å². The molecule has 0 fully saturated rings. The number of benzene rings is 2. The van der Waals surface area contributed by atoms with Crippen molar-refractivity contribution in [3.63, 3.8) is 0 Å². The van der Waals surface area contributed by atoms with Crippen LogP contribution in [-0.4, -0.2) is 12.5 Å². The number of hydrogen-bond donors (Lipinski definition) is 2. The minimum atomic E-state index is -0.277. The highest BCUT2D eigenvalue weighted by atomic mass is 19.1. The standard InChI is InChI=1S/C16H17FN2O/c1-12-4-2-3-5-15(12)18-11-16(20)19-10-13-6-8-14(17)9-7-13/h2-9,18H,10-11H2,1H3,(H,19,20). The molecule has 0 bridgehead atoms. The number of halogens is 1. The molecule has 0 aliphatic heterocycles. The molecule has 2 N–H and O–H groups in total. The number of rotatable bonds is 5. The minimum absolute atomic E-state index is 0.0995. The van der Waals surface area contributed by atoms with E-state index >= 15 is 0 Å². The normalized spacial score (nSPS) is 10.1. The molecule has 0 spiro atoms.